The Morgan fingerprint density at radius 1 is 1.46 bits per heavy atom. The van der Waals surface area contributed by atoms with Gasteiger partial charge in [0, 0.05) is 19.5 Å². The fraction of sp³-hybridized carbons (Fsp3) is 0.176. The number of rotatable bonds is 6. The lowest BCUT2D eigenvalue weighted by Crippen LogP contribution is -2.29. The number of nitrogens with two attached hydrogens (primary N) is 1. The van der Waals surface area contributed by atoms with E-state index in [-0.39, 0.29) is 11.5 Å². The van der Waals surface area contributed by atoms with Gasteiger partial charge in [-0.15, -0.1) is 0 Å². The summed E-state index contributed by atoms with van der Waals surface area (Å²) in [6.45, 7) is 4.12. The van der Waals surface area contributed by atoms with Gasteiger partial charge in [0.05, 0.1) is 25.0 Å². The van der Waals surface area contributed by atoms with Crippen molar-refractivity contribution in [1.82, 2.24) is 5.01 Å². The Labute approximate surface area is 140 Å². The molecule has 7 heteroatoms. The molecular weight excluding hydrogens is 308 g/mol. The molecule has 1 aromatic rings. The van der Waals surface area contributed by atoms with Gasteiger partial charge < -0.3 is 14.8 Å². The lowest BCUT2D eigenvalue weighted by Gasteiger charge is -2.19. The van der Waals surface area contributed by atoms with Gasteiger partial charge in [0.1, 0.15) is 5.75 Å². The average Bonchev–Trinajstić information content (AvgIpc) is 2.58. The van der Waals surface area contributed by atoms with Crippen LogP contribution in [0.2, 0.25) is 0 Å². The van der Waals surface area contributed by atoms with E-state index in [9.17, 15) is 4.79 Å². The number of carbonyl (C=O) groups is 1. The number of benzene rings is 1. The molecule has 24 heavy (non-hydrogen) atoms. The zero-order chi connectivity index (χ0) is 17.5. The van der Waals surface area contributed by atoms with Crippen molar-refractivity contribution in [2.45, 2.75) is 6.61 Å². The highest BCUT2D eigenvalue weighted by Crippen LogP contribution is 2.27. The van der Waals surface area contributed by atoms with Gasteiger partial charge in [0.2, 0.25) is 0 Å². The molecule has 0 radical (unpaired) electrons. The molecule has 1 heterocycles. The summed E-state index contributed by atoms with van der Waals surface area (Å²) in [5.74, 6) is 6.25. The summed E-state index contributed by atoms with van der Waals surface area (Å²) in [5.41, 5.74) is 1.71. The first-order valence-corrected chi connectivity index (χ1v) is 7.19. The van der Waals surface area contributed by atoms with E-state index < -0.39 is 0 Å². The molecule has 0 saturated heterocycles. The fourth-order valence-corrected chi connectivity index (χ4v) is 2.16. The summed E-state index contributed by atoms with van der Waals surface area (Å²) < 4.78 is 10.4. The molecule has 1 aromatic carbocycles. The molecule has 0 spiro atoms. The smallest absolute Gasteiger partial charge is 0.259 e. The number of ether oxygens (including phenoxy) is 2. The molecule has 0 aliphatic carbocycles. The van der Waals surface area contributed by atoms with E-state index in [0.29, 0.717) is 23.9 Å². The minimum Gasteiger partial charge on any atom is -0.495 e. The summed E-state index contributed by atoms with van der Waals surface area (Å²) in [6.07, 6.45) is 6.22. The van der Waals surface area contributed by atoms with Crippen LogP contribution < -0.4 is 15.9 Å². The van der Waals surface area contributed by atoms with Crippen molar-refractivity contribution in [3.8, 4) is 5.75 Å². The first-order chi connectivity index (χ1) is 11.6. The SMILES string of the molecule is C=C/C(C(=O)Nc1ccc(COC)cc1OC)=C1/N=CC=CN1N. The van der Waals surface area contributed by atoms with E-state index >= 15 is 0 Å². The number of nitrogens with zero attached hydrogens (tertiary/aromatic N) is 2. The van der Waals surface area contributed by atoms with Gasteiger partial charge in [0.15, 0.2) is 5.82 Å². The van der Waals surface area contributed by atoms with Gasteiger partial charge in [-0.1, -0.05) is 18.7 Å². The van der Waals surface area contributed by atoms with Gasteiger partial charge in [-0.25, -0.2) is 10.8 Å². The maximum Gasteiger partial charge on any atom is 0.259 e. The van der Waals surface area contributed by atoms with Crippen LogP contribution in [0.25, 0.3) is 0 Å². The van der Waals surface area contributed by atoms with E-state index in [1.165, 1.54) is 18.2 Å². The summed E-state index contributed by atoms with van der Waals surface area (Å²) in [5, 5.41) is 4.05. The minimum absolute atomic E-state index is 0.251. The zero-order valence-corrected chi connectivity index (χ0v) is 13.7. The van der Waals surface area contributed by atoms with Crippen LogP contribution in [-0.4, -0.2) is 31.4 Å². The lowest BCUT2D eigenvalue weighted by atomic mass is 10.1. The molecule has 0 bridgehead atoms. The van der Waals surface area contributed by atoms with Gasteiger partial charge in [0.25, 0.3) is 5.91 Å². The van der Waals surface area contributed by atoms with Crippen molar-refractivity contribution in [2.24, 2.45) is 10.8 Å². The summed E-state index contributed by atoms with van der Waals surface area (Å²) in [4.78, 5) is 16.7. The van der Waals surface area contributed by atoms with Crippen molar-refractivity contribution in [3.63, 3.8) is 0 Å². The molecule has 0 atom stereocenters. The molecule has 0 unspecified atom stereocenters. The third-order valence-electron chi connectivity index (χ3n) is 3.29. The quantitative estimate of drug-likeness (QED) is 0.615. The predicted molar refractivity (Wildman–Crippen MR) is 93.2 cm³/mol. The Hall–Kier alpha value is -2.90. The number of hydrogen-bond acceptors (Lipinski definition) is 6. The Balaban J connectivity index is 2.28. The highest BCUT2D eigenvalue weighted by atomic mass is 16.5. The monoisotopic (exact) mass is 328 g/mol. The third-order valence-corrected chi connectivity index (χ3v) is 3.29. The van der Waals surface area contributed by atoms with Crippen LogP contribution in [0, 0.1) is 0 Å². The number of carbonyl (C=O) groups excluding carboxylic acids is 1. The molecule has 126 valence electrons. The first-order valence-electron chi connectivity index (χ1n) is 7.19. The second-order valence-electron chi connectivity index (χ2n) is 4.89. The molecule has 1 aliphatic rings. The molecule has 2 rings (SSSR count). The van der Waals surface area contributed by atoms with Crippen LogP contribution in [0.4, 0.5) is 5.69 Å². The molecule has 1 amide bonds. The van der Waals surface area contributed by atoms with Gasteiger partial charge in [-0.3, -0.25) is 9.80 Å². The Morgan fingerprint density at radius 2 is 2.25 bits per heavy atom. The average molecular weight is 328 g/mol. The molecule has 1 aliphatic heterocycles. The van der Waals surface area contributed by atoms with E-state index in [1.807, 2.05) is 6.07 Å². The van der Waals surface area contributed by atoms with Crippen LogP contribution in [0.1, 0.15) is 5.56 Å². The van der Waals surface area contributed by atoms with Crippen molar-refractivity contribution < 1.29 is 14.3 Å². The van der Waals surface area contributed by atoms with Crippen molar-refractivity contribution in [2.75, 3.05) is 19.5 Å². The lowest BCUT2D eigenvalue weighted by molar-refractivity contribution is -0.112. The third kappa shape index (κ3) is 3.89. The Morgan fingerprint density at radius 3 is 2.88 bits per heavy atom. The highest BCUT2D eigenvalue weighted by Gasteiger charge is 2.18. The molecule has 0 aromatic heterocycles. The maximum absolute atomic E-state index is 12.6. The van der Waals surface area contributed by atoms with Crippen LogP contribution in [0.15, 0.2) is 59.5 Å². The van der Waals surface area contributed by atoms with E-state index in [4.69, 9.17) is 15.3 Å². The van der Waals surface area contributed by atoms with Gasteiger partial charge in [-0.2, -0.15) is 0 Å². The van der Waals surface area contributed by atoms with Crippen LogP contribution in [-0.2, 0) is 16.1 Å². The van der Waals surface area contributed by atoms with E-state index in [2.05, 4.69) is 16.9 Å². The number of hydrogen-bond donors (Lipinski definition) is 2. The Kier molecular flexibility index (Phi) is 5.89. The Bertz CT molecular complexity index is 723. The topological polar surface area (TPSA) is 89.2 Å². The highest BCUT2D eigenvalue weighted by molar-refractivity contribution is 6.07. The van der Waals surface area contributed by atoms with Gasteiger partial charge in [-0.05, 0) is 23.8 Å². The van der Waals surface area contributed by atoms with Crippen LogP contribution >= 0.6 is 0 Å². The standard InChI is InChI=1S/C17H20N4O3/c1-4-13(16-19-8-5-9-21(16)18)17(22)20-14-7-6-12(11-23-2)10-15(14)24-3/h4-10H,1,11,18H2,2-3H3,(H,20,22)/b16-13+. The molecular formula is C17H20N4O3. The molecule has 3 N–H and O–H groups in total. The van der Waals surface area contributed by atoms with Crippen LogP contribution in [0.3, 0.4) is 0 Å². The summed E-state index contributed by atoms with van der Waals surface area (Å²) in [6, 6.07) is 5.40. The normalized spacial score (nSPS) is 15.2. The number of amides is 1. The van der Waals surface area contributed by atoms with Crippen molar-refractivity contribution in [1.29, 1.82) is 0 Å². The van der Waals surface area contributed by atoms with Crippen molar-refractivity contribution in [3.05, 3.63) is 60.1 Å². The number of allylic oxidation sites excluding steroid dienone is 1. The fourth-order valence-electron chi connectivity index (χ4n) is 2.16. The first kappa shape index (κ1) is 17.5. The molecule has 0 saturated carbocycles. The van der Waals surface area contributed by atoms with Crippen LogP contribution in [0.5, 0.6) is 5.75 Å². The summed E-state index contributed by atoms with van der Waals surface area (Å²) in [7, 11) is 3.15. The molecule has 0 fully saturated rings. The number of hydrazine groups is 1. The number of aliphatic imine (C=N–C) groups is 1. The van der Waals surface area contributed by atoms with E-state index in [1.54, 1.807) is 37.7 Å². The number of methoxy groups -OCH3 is 2. The van der Waals surface area contributed by atoms with E-state index in [0.717, 1.165) is 5.56 Å². The van der Waals surface area contributed by atoms with Gasteiger partial charge >= 0.3 is 0 Å². The number of nitrogens with one attached hydrogen (secondary N) is 1. The largest absolute Gasteiger partial charge is 0.495 e. The zero-order valence-electron chi connectivity index (χ0n) is 13.7. The maximum atomic E-state index is 12.6. The predicted octanol–water partition coefficient (Wildman–Crippen LogP) is 1.95. The molecule has 7 nitrogen and oxygen atoms in total. The minimum atomic E-state index is -0.388. The summed E-state index contributed by atoms with van der Waals surface area (Å²) >= 11 is 0. The second kappa shape index (κ2) is 8.09. The van der Waals surface area contributed by atoms with Crippen molar-refractivity contribution >= 4 is 17.8 Å². The second-order valence-corrected chi connectivity index (χ2v) is 4.89. The number of anilines is 1.